The van der Waals surface area contributed by atoms with Gasteiger partial charge >= 0.3 is 0 Å². The van der Waals surface area contributed by atoms with Crippen molar-refractivity contribution in [1.82, 2.24) is 14.8 Å². The molecular weight excluding hydrogens is 378 g/mol. The smallest absolute Gasteiger partial charge is 0.273 e. The highest BCUT2D eigenvalue weighted by atomic mass is 79.9. The number of pyridine rings is 1. The maximum Gasteiger partial charge on any atom is 0.273 e. The van der Waals surface area contributed by atoms with Crippen LogP contribution in [0.25, 0.3) is 28.2 Å². The van der Waals surface area contributed by atoms with Crippen LogP contribution in [-0.2, 0) is 0 Å². The average Bonchev–Trinajstić information content (AvgIpc) is 3.05. The van der Waals surface area contributed by atoms with Crippen molar-refractivity contribution >= 4 is 15.9 Å². The second kappa shape index (κ2) is 6.53. The van der Waals surface area contributed by atoms with E-state index in [1.165, 1.54) is 4.68 Å². The van der Waals surface area contributed by atoms with Crippen molar-refractivity contribution in [2.24, 2.45) is 0 Å². The van der Waals surface area contributed by atoms with Crippen molar-refractivity contribution < 1.29 is 0 Å². The Morgan fingerprint density at radius 2 is 1.48 bits per heavy atom. The largest absolute Gasteiger partial charge is 0.289 e. The molecule has 0 aliphatic rings. The van der Waals surface area contributed by atoms with Crippen LogP contribution in [0, 0.1) is 0 Å². The molecule has 0 bridgehead atoms. The fraction of sp³-hybridized carbons (Fsp3) is 0. The van der Waals surface area contributed by atoms with Crippen LogP contribution in [0.2, 0.25) is 0 Å². The van der Waals surface area contributed by atoms with Gasteiger partial charge in [-0.05, 0) is 41.0 Å². The lowest BCUT2D eigenvalue weighted by Gasteiger charge is -2.04. The molecule has 0 radical (unpaired) electrons. The monoisotopic (exact) mass is 391 g/mol. The third-order valence-electron chi connectivity index (χ3n) is 3.97. The summed E-state index contributed by atoms with van der Waals surface area (Å²) in [5.74, 6) is 0.574. The first-order valence-corrected chi connectivity index (χ1v) is 8.60. The van der Waals surface area contributed by atoms with Crippen LogP contribution in [0.5, 0.6) is 0 Å². The molecule has 122 valence electrons. The molecule has 0 amide bonds. The Bertz CT molecular complexity index is 1050. The van der Waals surface area contributed by atoms with Gasteiger partial charge in [0, 0.05) is 16.7 Å². The van der Waals surface area contributed by atoms with E-state index in [1.807, 2.05) is 36.4 Å². The van der Waals surface area contributed by atoms with E-state index >= 15 is 0 Å². The van der Waals surface area contributed by atoms with Crippen molar-refractivity contribution in [3.05, 3.63) is 93.8 Å². The van der Waals surface area contributed by atoms with Gasteiger partial charge in [-0.25, -0.2) is 9.67 Å². The molecule has 4 aromatic rings. The molecule has 0 saturated heterocycles. The molecule has 25 heavy (non-hydrogen) atoms. The topological polar surface area (TPSA) is 50.7 Å². The third-order valence-corrected chi connectivity index (χ3v) is 4.50. The molecule has 1 N–H and O–H groups in total. The minimum atomic E-state index is -0.134. The summed E-state index contributed by atoms with van der Waals surface area (Å²) in [6.45, 7) is 0. The Morgan fingerprint density at radius 3 is 2.12 bits per heavy atom. The van der Waals surface area contributed by atoms with Crippen LogP contribution in [0.1, 0.15) is 0 Å². The van der Waals surface area contributed by atoms with Crippen LogP contribution in [0.3, 0.4) is 0 Å². The zero-order valence-corrected chi connectivity index (χ0v) is 14.8. The number of aromatic amines is 1. The predicted molar refractivity (Wildman–Crippen MR) is 103 cm³/mol. The second-order valence-electron chi connectivity index (χ2n) is 5.62. The Morgan fingerprint density at radius 1 is 0.840 bits per heavy atom. The Kier molecular flexibility index (Phi) is 4.07. The van der Waals surface area contributed by atoms with Crippen LogP contribution in [0.15, 0.2) is 88.3 Å². The minimum Gasteiger partial charge on any atom is -0.289 e. The molecule has 2 aromatic heterocycles. The standard InChI is InChI=1S/C20H14BrN3O/c21-17-10-8-15(9-11-17)14-4-6-16(7-5-14)18-13-20(25)24(23-18)19-3-1-2-12-22-19/h1-13,23H. The van der Waals surface area contributed by atoms with Crippen LogP contribution in [-0.4, -0.2) is 14.8 Å². The fourth-order valence-corrected chi connectivity index (χ4v) is 2.95. The Balaban J connectivity index is 1.67. The minimum absolute atomic E-state index is 0.134. The number of hydrogen-bond acceptors (Lipinski definition) is 2. The molecule has 0 atom stereocenters. The number of benzene rings is 2. The fourth-order valence-electron chi connectivity index (χ4n) is 2.68. The lowest BCUT2D eigenvalue weighted by molar-refractivity contribution is 0.822. The molecule has 0 saturated carbocycles. The van der Waals surface area contributed by atoms with E-state index in [0.29, 0.717) is 5.82 Å². The van der Waals surface area contributed by atoms with Gasteiger partial charge in [-0.2, -0.15) is 0 Å². The van der Waals surface area contributed by atoms with E-state index in [2.05, 4.69) is 50.3 Å². The molecular formula is C20H14BrN3O. The number of aromatic nitrogens is 3. The zero-order valence-electron chi connectivity index (χ0n) is 13.2. The van der Waals surface area contributed by atoms with Gasteiger partial charge in [0.1, 0.15) is 0 Å². The number of nitrogens with zero attached hydrogens (tertiary/aromatic N) is 2. The van der Waals surface area contributed by atoms with E-state index in [0.717, 1.165) is 26.9 Å². The average molecular weight is 392 g/mol. The number of halogens is 1. The third kappa shape index (κ3) is 3.19. The van der Waals surface area contributed by atoms with E-state index in [-0.39, 0.29) is 5.56 Å². The summed E-state index contributed by atoms with van der Waals surface area (Å²) in [5, 5.41) is 3.12. The van der Waals surface area contributed by atoms with Gasteiger partial charge in [-0.3, -0.25) is 9.89 Å². The first kappa shape index (κ1) is 15.6. The van der Waals surface area contributed by atoms with Crippen molar-refractivity contribution in [3.63, 3.8) is 0 Å². The highest BCUT2D eigenvalue weighted by molar-refractivity contribution is 9.10. The molecule has 0 aliphatic carbocycles. The van der Waals surface area contributed by atoms with Gasteiger partial charge in [-0.1, -0.05) is 58.4 Å². The lowest BCUT2D eigenvalue weighted by Crippen LogP contribution is -2.14. The molecule has 0 fully saturated rings. The van der Waals surface area contributed by atoms with Crippen LogP contribution < -0.4 is 5.56 Å². The summed E-state index contributed by atoms with van der Waals surface area (Å²) in [6, 6.07) is 23.3. The Hall–Kier alpha value is -2.92. The van der Waals surface area contributed by atoms with E-state index in [9.17, 15) is 4.79 Å². The van der Waals surface area contributed by atoms with Gasteiger partial charge < -0.3 is 0 Å². The maximum atomic E-state index is 12.2. The molecule has 5 heteroatoms. The summed E-state index contributed by atoms with van der Waals surface area (Å²) in [4.78, 5) is 16.4. The van der Waals surface area contributed by atoms with Gasteiger partial charge in [0.15, 0.2) is 5.82 Å². The molecule has 0 unspecified atom stereocenters. The highest BCUT2D eigenvalue weighted by Gasteiger charge is 2.08. The number of hydrogen-bond donors (Lipinski definition) is 1. The van der Waals surface area contributed by atoms with Crippen molar-refractivity contribution in [3.8, 4) is 28.2 Å². The van der Waals surface area contributed by atoms with Crippen LogP contribution >= 0.6 is 15.9 Å². The summed E-state index contributed by atoms with van der Waals surface area (Å²) in [6.07, 6.45) is 1.66. The molecule has 0 aliphatic heterocycles. The molecule has 0 spiro atoms. The number of H-pyrrole nitrogens is 1. The molecule has 4 nitrogen and oxygen atoms in total. The second-order valence-corrected chi connectivity index (χ2v) is 6.53. The normalized spacial score (nSPS) is 10.8. The highest BCUT2D eigenvalue weighted by Crippen LogP contribution is 2.25. The lowest BCUT2D eigenvalue weighted by atomic mass is 10.0. The summed E-state index contributed by atoms with van der Waals surface area (Å²) in [7, 11) is 0. The van der Waals surface area contributed by atoms with Crippen LogP contribution in [0.4, 0.5) is 0 Å². The van der Waals surface area contributed by atoms with Gasteiger partial charge in [0.25, 0.3) is 5.56 Å². The van der Waals surface area contributed by atoms with Crippen molar-refractivity contribution in [1.29, 1.82) is 0 Å². The van der Waals surface area contributed by atoms with Gasteiger partial charge in [0.05, 0.1) is 5.69 Å². The molecule has 2 aromatic carbocycles. The number of nitrogens with one attached hydrogen (secondary N) is 1. The SMILES string of the molecule is O=c1cc(-c2ccc(-c3ccc(Br)cc3)cc2)[nH]n1-c1ccccn1. The van der Waals surface area contributed by atoms with Crippen molar-refractivity contribution in [2.45, 2.75) is 0 Å². The van der Waals surface area contributed by atoms with E-state index in [1.54, 1.807) is 18.3 Å². The number of rotatable bonds is 3. The quantitative estimate of drug-likeness (QED) is 0.552. The van der Waals surface area contributed by atoms with E-state index in [4.69, 9.17) is 0 Å². The van der Waals surface area contributed by atoms with Gasteiger partial charge in [-0.15, -0.1) is 0 Å². The Labute approximate surface area is 152 Å². The summed E-state index contributed by atoms with van der Waals surface area (Å²) >= 11 is 3.45. The molecule has 2 heterocycles. The molecule has 4 rings (SSSR count). The zero-order chi connectivity index (χ0) is 17.2. The summed E-state index contributed by atoms with van der Waals surface area (Å²) < 4.78 is 2.50. The first-order valence-electron chi connectivity index (χ1n) is 7.80. The van der Waals surface area contributed by atoms with E-state index < -0.39 is 0 Å². The maximum absolute atomic E-state index is 12.2. The van der Waals surface area contributed by atoms with Gasteiger partial charge in [0.2, 0.25) is 0 Å². The van der Waals surface area contributed by atoms with Crippen molar-refractivity contribution in [2.75, 3.05) is 0 Å². The first-order chi connectivity index (χ1) is 12.2. The summed E-state index contributed by atoms with van der Waals surface area (Å²) in [5.41, 5.74) is 3.85. The predicted octanol–water partition coefficient (Wildman–Crippen LogP) is 4.66.